The van der Waals surface area contributed by atoms with Crippen LogP contribution in [0.2, 0.25) is 0 Å². The molecule has 0 N–H and O–H groups in total. The summed E-state index contributed by atoms with van der Waals surface area (Å²) in [5.74, 6) is 0.0302. The molecule has 1 atom stereocenters. The maximum absolute atomic E-state index is 11.4. The Balaban J connectivity index is 1.72. The summed E-state index contributed by atoms with van der Waals surface area (Å²) < 4.78 is 11.2. The van der Waals surface area contributed by atoms with Crippen LogP contribution in [0.3, 0.4) is 0 Å². The summed E-state index contributed by atoms with van der Waals surface area (Å²) in [6.07, 6.45) is 4.80. The van der Waals surface area contributed by atoms with Crippen LogP contribution >= 0.6 is 0 Å². The van der Waals surface area contributed by atoms with Gasteiger partial charge in [0.15, 0.2) is 0 Å². The summed E-state index contributed by atoms with van der Waals surface area (Å²) in [6, 6.07) is 0. The molecular formula is C12H19NO3. The number of rotatable bonds is 3. The van der Waals surface area contributed by atoms with E-state index in [0.717, 1.165) is 45.6 Å². The minimum absolute atomic E-state index is 0.0302. The maximum Gasteiger partial charge on any atom is 0.245 e. The molecule has 1 unspecified atom stereocenters. The van der Waals surface area contributed by atoms with Gasteiger partial charge in [0.05, 0.1) is 18.8 Å². The first kappa shape index (κ1) is 11.6. The lowest BCUT2D eigenvalue weighted by atomic mass is 10.1. The molecular weight excluding hydrogens is 206 g/mol. The summed E-state index contributed by atoms with van der Waals surface area (Å²) >= 11 is 0. The maximum atomic E-state index is 11.4. The van der Waals surface area contributed by atoms with Crippen molar-refractivity contribution in [2.24, 2.45) is 0 Å². The average molecular weight is 225 g/mol. The average Bonchev–Trinajstić information content (AvgIpc) is 2.82. The SMILES string of the molecule is C=CC(=O)N1CCC(OC2CCOC2)CC1. The Morgan fingerprint density at radius 1 is 1.31 bits per heavy atom. The number of piperidine rings is 1. The van der Waals surface area contributed by atoms with Gasteiger partial charge in [0.1, 0.15) is 0 Å². The minimum Gasteiger partial charge on any atom is -0.379 e. The molecule has 2 aliphatic rings. The van der Waals surface area contributed by atoms with Crippen molar-refractivity contribution < 1.29 is 14.3 Å². The van der Waals surface area contributed by atoms with Gasteiger partial charge in [-0.2, -0.15) is 0 Å². The monoisotopic (exact) mass is 225 g/mol. The predicted molar refractivity (Wildman–Crippen MR) is 60.1 cm³/mol. The molecule has 0 aromatic carbocycles. The fourth-order valence-electron chi connectivity index (χ4n) is 2.23. The van der Waals surface area contributed by atoms with E-state index in [0.29, 0.717) is 6.10 Å². The lowest BCUT2D eigenvalue weighted by molar-refractivity contribution is -0.129. The van der Waals surface area contributed by atoms with Gasteiger partial charge in [-0.3, -0.25) is 4.79 Å². The van der Waals surface area contributed by atoms with Crippen molar-refractivity contribution in [3.8, 4) is 0 Å². The van der Waals surface area contributed by atoms with Crippen LogP contribution in [-0.4, -0.2) is 49.3 Å². The number of ether oxygens (including phenoxy) is 2. The molecule has 0 bridgehead atoms. The van der Waals surface area contributed by atoms with Gasteiger partial charge in [0.2, 0.25) is 5.91 Å². The van der Waals surface area contributed by atoms with E-state index in [1.54, 1.807) is 0 Å². The van der Waals surface area contributed by atoms with E-state index in [4.69, 9.17) is 9.47 Å². The summed E-state index contributed by atoms with van der Waals surface area (Å²) in [7, 11) is 0. The molecule has 0 radical (unpaired) electrons. The van der Waals surface area contributed by atoms with Crippen molar-refractivity contribution in [2.75, 3.05) is 26.3 Å². The molecule has 0 aliphatic carbocycles. The molecule has 0 saturated carbocycles. The fourth-order valence-corrected chi connectivity index (χ4v) is 2.23. The van der Waals surface area contributed by atoms with E-state index in [2.05, 4.69) is 6.58 Å². The Morgan fingerprint density at radius 3 is 2.62 bits per heavy atom. The number of amides is 1. The van der Waals surface area contributed by atoms with Crippen LogP contribution in [0.15, 0.2) is 12.7 Å². The molecule has 0 spiro atoms. The zero-order valence-electron chi connectivity index (χ0n) is 9.56. The molecule has 0 aromatic rings. The molecule has 0 aromatic heterocycles. The van der Waals surface area contributed by atoms with Crippen molar-refractivity contribution in [3.63, 3.8) is 0 Å². The van der Waals surface area contributed by atoms with Crippen LogP contribution in [0.4, 0.5) is 0 Å². The smallest absolute Gasteiger partial charge is 0.245 e. The Labute approximate surface area is 96.2 Å². The number of hydrogen-bond acceptors (Lipinski definition) is 3. The van der Waals surface area contributed by atoms with Crippen molar-refractivity contribution in [3.05, 3.63) is 12.7 Å². The van der Waals surface area contributed by atoms with Gasteiger partial charge < -0.3 is 14.4 Å². The van der Waals surface area contributed by atoms with Gasteiger partial charge in [-0.15, -0.1) is 0 Å². The third-order valence-electron chi connectivity index (χ3n) is 3.20. The minimum atomic E-state index is 0.0302. The molecule has 2 rings (SSSR count). The van der Waals surface area contributed by atoms with E-state index in [1.165, 1.54) is 6.08 Å². The van der Waals surface area contributed by atoms with Crippen LogP contribution in [0, 0.1) is 0 Å². The first-order chi connectivity index (χ1) is 7.79. The normalized spacial score (nSPS) is 27.0. The van der Waals surface area contributed by atoms with E-state index >= 15 is 0 Å². The molecule has 2 saturated heterocycles. The van der Waals surface area contributed by atoms with Crippen molar-refractivity contribution in [1.82, 2.24) is 4.90 Å². The molecule has 1 amide bonds. The van der Waals surface area contributed by atoms with E-state index in [9.17, 15) is 4.79 Å². The zero-order chi connectivity index (χ0) is 11.4. The highest BCUT2D eigenvalue weighted by Gasteiger charge is 2.25. The Hall–Kier alpha value is -0.870. The van der Waals surface area contributed by atoms with Gasteiger partial charge in [-0.05, 0) is 25.3 Å². The van der Waals surface area contributed by atoms with Crippen LogP contribution in [-0.2, 0) is 14.3 Å². The van der Waals surface area contributed by atoms with Crippen molar-refractivity contribution in [2.45, 2.75) is 31.5 Å². The first-order valence-electron chi connectivity index (χ1n) is 5.94. The van der Waals surface area contributed by atoms with Crippen LogP contribution in [0.25, 0.3) is 0 Å². The quantitative estimate of drug-likeness (QED) is 0.672. The van der Waals surface area contributed by atoms with Gasteiger partial charge in [0, 0.05) is 19.7 Å². The summed E-state index contributed by atoms with van der Waals surface area (Å²) in [5.41, 5.74) is 0. The number of hydrogen-bond donors (Lipinski definition) is 0. The molecule has 2 aliphatic heterocycles. The number of carbonyl (C=O) groups is 1. The van der Waals surface area contributed by atoms with Gasteiger partial charge >= 0.3 is 0 Å². The zero-order valence-corrected chi connectivity index (χ0v) is 9.56. The predicted octanol–water partition coefficient (Wildman–Crippen LogP) is 0.969. The number of likely N-dealkylation sites (tertiary alicyclic amines) is 1. The van der Waals surface area contributed by atoms with Crippen molar-refractivity contribution >= 4 is 5.91 Å². The molecule has 4 heteroatoms. The second kappa shape index (κ2) is 5.46. The second-order valence-electron chi connectivity index (χ2n) is 4.35. The highest BCUT2D eigenvalue weighted by atomic mass is 16.5. The van der Waals surface area contributed by atoms with Gasteiger partial charge in [-0.1, -0.05) is 6.58 Å². The topological polar surface area (TPSA) is 38.8 Å². The Bertz CT molecular complexity index is 253. The van der Waals surface area contributed by atoms with Gasteiger partial charge in [0.25, 0.3) is 0 Å². The number of nitrogens with zero attached hydrogens (tertiary/aromatic N) is 1. The first-order valence-corrected chi connectivity index (χ1v) is 5.94. The molecule has 90 valence electrons. The van der Waals surface area contributed by atoms with E-state index in [-0.39, 0.29) is 12.0 Å². The van der Waals surface area contributed by atoms with E-state index < -0.39 is 0 Å². The second-order valence-corrected chi connectivity index (χ2v) is 4.35. The number of carbonyl (C=O) groups excluding carboxylic acids is 1. The van der Waals surface area contributed by atoms with Crippen LogP contribution in [0.1, 0.15) is 19.3 Å². The Morgan fingerprint density at radius 2 is 2.06 bits per heavy atom. The highest BCUT2D eigenvalue weighted by molar-refractivity contribution is 5.87. The van der Waals surface area contributed by atoms with E-state index in [1.807, 2.05) is 4.90 Å². The summed E-state index contributed by atoms with van der Waals surface area (Å²) in [6.45, 7) is 6.61. The van der Waals surface area contributed by atoms with Gasteiger partial charge in [-0.25, -0.2) is 0 Å². The highest BCUT2D eigenvalue weighted by Crippen LogP contribution is 2.19. The van der Waals surface area contributed by atoms with Crippen molar-refractivity contribution in [1.29, 1.82) is 0 Å². The van der Waals surface area contributed by atoms with Crippen LogP contribution < -0.4 is 0 Å². The third-order valence-corrected chi connectivity index (χ3v) is 3.20. The largest absolute Gasteiger partial charge is 0.379 e. The molecule has 2 heterocycles. The lowest BCUT2D eigenvalue weighted by Gasteiger charge is -2.32. The fraction of sp³-hybridized carbons (Fsp3) is 0.750. The third kappa shape index (κ3) is 2.83. The molecule has 2 fully saturated rings. The molecule has 4 nitrogen and oxygen atoms in total. The van der Waals surface area contributed by atoms with Crippen LogP contribution in [0.5, 0.6) is 0 Å². The summed E-state index contributed by atoms with van der Waals surface area (Å²) in [4.78, 5) is 13.2. The standard InChI is InChI=1S/C12H19NO3/c1-2-12(14)13-6-3-10(4-7-13)16-11-5-8-15-9-11/h2,10-11H,1,3-9H2. The Kier molecular flexibility index (Phi) is 3.96. The lowest BCUT2D eigenvalue weighted by Crippen LogP contribution is -2.41. The summed E-state index contributed by atoms with van der Waals surface area (Å²) in [5, 5.41) is 0. The molecule has 16 heavy (non-hydrogen) atoms.